The summed E-state index contributed by atoms with van der Waals surface area (Å²) in [5.74, 6) is 0. The second-order valence-corrected chi connectivity index (χ2v) is 5.00. The van der Waals surface area contributed by atoms with Gasteiger partial charge >= 0.3 is 0 Å². The normalized spacial score (nSPS) is 12.4. The minimum Gasteiger partial charge on any atom is -0.307 e. The lowest BCUT2D eigenvalue weighted by atomic mass is 10.3. The zero-order chi connectivity index (χ0) is 14.5. The third-order valence-electron chi connectivity index (χ3n) is 3.21. The van der Waals surface area contributed by atoms with Crippen molar-refractivity contribution in [2.75, 3.05) is 0 Å². The Morgan fingerprint density at radius 3 is 2.81 bits per heavy atom. The summed E-state index contributed by atoms with van der Waals surface area (Å²) in [6, 6.07) is 12.2. The molecule has 21 heavy (non-hydrogen) atoms. The van der Waals surface area contributed by atoms with E-state index < -0.39 is 0 Å². The minimum atomic E-state index is 0.312. The van der Waals surface area contributed by atoms with E-state index in [9.17, 15) is 0 Å². The van der Waals surface area contributed by atoms with Gasteiger partial charge in [0.1, 0.15) is 0 Å². The molecule has 0 aliphatic carbocycles. The summed E-state index contributed by atoms with van der Waals surface area (Å²) in [5, 5.41) is 16.0. The topological polar surface area (TPSA) is 60.6 Å². The molecular formula is C15H18N6. The SMILES string of the molecule is CC(Cn1cccn1)NCc1cn(-c2ccccc2)nn1. The molecule has 0 bridgehead atoms. The van der Waals surface area contributed by atoms with Crippen molar-refractivity contribution in [3.63, 3.8) is 0 Å². The van der Waals surface area contributed by atoms with Gasteiger partial charge in [0.2, 0.25) is 0 Å². The molecule has 0 spiro atoms. The van der Waals surface area contributed by atoms with Crippen molar-refractivity contribution < 1.29 is 0 Å². The van der Waals surface area contributed by atoms with E-state index in [4.69, 9.17) is 0 Å². The Labute approximate surface area is 123 Å². The second kappa shape index (κ2) is 6.32. The van der Waals surface area contributed by atoms with Crippen LogP contribution >= 0.6 is 0 Å². The quantitative estimate of drug-likeness (QED) is 0.746. The smallest absolute Gasteiger partial charge is 0.0969 e. The highest BCUT2D eigenvalue weighted by molar-refractivity contribution is 5.29. The second-order valence-electron chi connectivity index (χ2n) is 5.00. The van der Waals surface area contributed by atoms with Crippen molar-refractivity contribution in [2.45, 2.75) is 26.1 Å². The molecule has 0 saturated carbocycles. The van der Waals surface area contributed by atoms with Gasteiger partial charge in [0.25, 0.3) is 0 Å². The number of rotatable bonds is 6. The van der Waals surface area contributed by atoms with Crippen molar-refractivity contribution in [2.24, 2.45) is 0 Å². The summed E-state index contributed by atoms with van der Waals surface area (Å²) >= 11 is 0. The number of benzene rings is 1. The largest absolute Gasteiger partial charge is 0.307 e. The van der Waals surface area contributed by atoms with Gasteiger partial charge in [0, 0.05) is 25.0 Å². The molecule has 0 aliphatic rings. The lowest BCUT2D eigenvalue weighted by Gasteiger charge is -2.12. The van der Waals surface area contributed by atoms with Crippen LogP contribution in [0, 0.1) is 0 Å². The zero-order valence-corrected chi connectivity index (χ0v) is 11.9. The Hall–Kier alpha value is -2.47. The van der Waals surface area contributed by atoms with Crippen molar-refractivity contribution in [1.82, 2.24) is 30.1 Å². The molecule has 6 heteroatoms. The summed E-state index contributed by atoms with van der Waals surface area (Å²) in [6.07, 6.45) is 5.70. The van der Waals surface area contributed by atoms with Crippen LogP contribution in [0.1, 0.15) is 12.6 Å². The maximum absolute atomic E-state index is 4.20. The predicted molar refractivity (Wildman–Crippen MR) is 79.9 cm³/mol. The molecule has 3 aromatic rings. The molecule has 0 saturated heterocycles. The van der Waals surface area contributed by atoms with E-state index in [2.05, 4.69) is 27.7 Å². The molecule has 0 fully saturated rings. The molecule has 1 unspecified atom stereocenters. The first-order chi connectivity index (χ1) is 10.3. The number of hydrogen-bond acceptors (Lipinski definition) is 4. The third kappa shape index (κ3) is 3.55. The van der Waals surface area contributed by atoms with E-state index in [0.717, 1.165) is 17.9 Å². The van der Waals surface area contributed by atoms with Crippen molar-refractivity contribution in [3.05, 3.63) is 60.7 Å². The van der Waals surface area contributed by atoms with Crippen LogP contribution in [0.4, 0.5) is 0 Å². The Morgan fingerprint density at radius 1 is 1.19 bits per heavy atom. The third-order valence-corrected chi connectivity index (χ3v) is 3.21. The first-order valence-electron chi connectivity index (χ1n) is 6.99. The summed E-state index contributed by atoms with van der Waals surface area (Å²) < 4.78 is 3.70. The van der Waals surface area contributed by atoms with Crippen LogP contribution < -0.4 is 5.32 Å². The molecule has 2 aromatic heterocycles. The van der Waals surface area contributed by atoms with Crippen LogP contribution in [0.5, 0.6) is 0 Å². The van der Waals surface area contributed by atoms with E-state index in [1.54, 1.807) is 10.9 Å². The van der Waals surface area contributed by atoms with E-state index in [1.165, 1.54) is 0 Å². The number of nitrogens with zero attached hydrogens (tertiary/aromatic N) is 5. The predicted octanol–water partition coefficient (Wildman–Crippen LogP) is 1.64. The lowest BCUT2D eigenvalue weighted by molar-refractivity contribution is 0.448. The van der Waals surface area contributed by atoms with Crippen LogP contribution in [-0.4, -0.2) is 30.8 Å². The summed E-state index contributed by atoms with van der Waals surface area (Å²) in [4.78, 5) is 0. The Morgan fingerprint density at radius 2 is 2.05 bits per heavy atom. The number of hydrogen-bond donors (Lipinski definition) is 1. The van der Waals surface area contributed by atoms with Gasteiger partial charge in [-0.15, -0.1) is 5.10 Å². The van der Waals surface area contributed by atoms with E-state index in [0.29, 0.717) is 12.6 Å². The summed E-state index contributed by atoms with van der Waals surface area (Å²) in [7, 11) is 0. The summed E-state index contributed by atoms with van der Waals surface area (Å²) in [6.45, 7) is 3.65. The highest BCUT2D eigenvalue weighted by Crippen LogP contribution is 2.05. The van der Waals surface area contributed by atoms with E-state index >= 15 is 0 Å². The molecule has 6 nitrogen and oxygen atoms in total. The maximum Gasteiger partial charge on any atom is 0.0969 e. The fourth-order valence-corrected chi connectivity index (χ4v) is 2.12. The van der Waals surface area contributed by atoms with Crippen LogP contribution in [0.15, 0.2) is 55.0 Å². The number of nitrogens with one attached hydrogen (secondary N) is 1. The Kier molecular flexibility index (Phi) is 4.07. The van der Waals surface area contributed by atoms with Crippen molar-refractivity contribution in [1.29, 1.82) is 0 Å². The van der Waals surface area contributed by atoms with Gasteiger partial charge in [-0.3, -0.25) is 4.68 Å². The molecule has 1 N–H and O–H groups in total. The highest BCUT2D eigenvalue weighted by Gasteiger charge is 2.06. The zero-order valence-electron chi connectivity index (χ0n) is 11.9. The molecule has 3 rings (SSSR count). The first-order valence-corrected chi connectivity index (χ1v) is 6.99. The highest BCUT2D eigenvalue weighted by atomic mass is 15.4. The Balaban J connectivity index is 1.55. The first kappa shape index (κ1) is 13.5. The van der Waals surface area contributed by atoms with Gasteiger partial charge in [-0.1, -0.05) is 23.4 Å². The van der Waals surface area contributed by atoms with Gasteiger partial charge in [0.15, 0.2) is 0 Å². The monoisotopic (exact) mass is 282 g/mol. The maximum atomic E-state index is 4.20. The van der Waals surface area contributed by atoms with Gasteiger partial charge in [-0.2, -0.15) is 5.10 Å². The fourth-order valence-electron chi connectivity index (χ4n) is 2.12. The van der Waals surface area contributed by atoms with Gasteiger partial charge < -0.3 is 5.32 Å². The standard InChI is InChI=1S/C15H18N6/c1-13(11-20-9-5-8-17-20)16-10-14-12-21(19-18-14)15-6-3-2-4-7-15/h2-9,12-13,16H,10-11H2,1H3. The molecule has 0 aliphatic heterocycles. The average Bonchev–Trinajstić information content (AvgIpc) is 3.17. The van der Waals surface area contributed by atoms with Crippen LogP contribution in [0.25, 0.3) is 5.69 Å². The summed E-state index contributed by atoms with van der Waals surface area (Å²) in [5.41, 5.74) is 1.94. The lowest BCUT2D eigenvalue weighted by Crippen LogP contribution is -2.30. The van der Waals surface area contributed by atoms with Gasteiger partial charge in [0.05, 0.1) is 24.1 Å². The fraction of sp³-hybridized carbons (Fsp3) is 0.267. The van der Waals surface area contributed by atoms with Crippen LogP contribution in [-0.2, 0) is 13.1 Å². The van der Waals surface area contributed by atoms with Crippen LogP contribution in [0.3, 0.4) is 0 Å². The molecule has 0 radical (unpaired) electrons. The van der Waals surface area contributed by atoms with E-state index in [-0.39, 0.29) is 0 Å². The molecule has 2 heterocycles. The molecule has 0 amide bonds. The molecule has 108 valence electrons. The molecule has 1 atom stereocenters. The minimum absolute atomic E-state index is 0.312. The van der Waals surface area contributed by atoms with Crippen molar-refractivity contribution in [3.8, 4) is 5.69 Å². The average molecular weight is 282 g/mol. The van der Waals surface area contributed by atoms with Gasteiger partial charge in [-0.25, -0.2) is 4.68 Å². The van der Waals surface area contributed by atoms with Crippen molar-refractivity contribution >= 4 is 0 Å². The van der Waals surface area contributed by atoms with Gasteiger partial charge in [-0.05, 0) is 25.1 Å². The molecule has 1 aromatic carbocycles. The number of para-hydroxylation sites is 1. The number of aromatic nitrogens is 5. The van der Waals surface area contributed by atoms with Crippen LogP contribution in [0.2, 0.25) is 0 Å². The molecular weight excluding hydrogens is 264 g/mol. The van der Waals surface area contributed by atoms with E-state index in [1.807, 2.05) is 53.5 Å². The Bertz CT molecular complexity index is 659.